The number of amides is 1. The Kier molecular flexibility index (Phi) is 4.39. The number of halogens is 1. The molecule has 2 aromatic carbocycles. The van der Waals surface area contributed by atoms with Crippen LogP contribution in [0.3, 0.4) is 0 Å². The quantitative estimate of drug-likeness (QED) is 0.713. The molecule has 3 aromatic rings. The molecular weight excluding hydrogens is 345 g/mol. The monoisotopic (exact) mass is 365 g/mol. The smallest absolute Gasteiger partial charge is 0.231 e. The standard InChI is InChI=1S/C21H20FN3O2/c1-14-18(15(2)25(23-14)17-6-4-3-5-7-17)13-21(26)24-10-11-27-20-12-16(22)8-9-19(20)24/h3-9,12H,10-11,13H2,1-2H3. The molecule has 1 aliphatic heterocycles. The molecule has 27 heavy (non-hydrogen) atoms. The highest BCUT2D eigenvalue weighted by molar-refractivity contribution is 5.96. The normalized spacial score (nSPS) is 13.2. The van der Waals surface area contributed by atoms with Crippen LogP contribution in [0, 0.1) is 19.7 Å². The summed E-state index contributed by atoms with van der Waals surface area (Å²) in [7, 11) is 0. The summed E-state index contributed by atoms with van der Waals surface area (Å²) >= 11 is 0. The van der Waals surface area contributed by atoms with Crippen molar-refractivity contribution >= 4 is 11.6 Å². The molecule has 0 saturated carbocycles. The van der Waals surface area contributed by atoms with Gasteiger partial charge in [-0.15, -0.1) is 0 Å². The summed E-state index contributed by atoms with van der Waals surface area (Å²) < 4.78 is 20.8. The first-order valence-corrected chi connectivity index (χ1v) is 8.88. The van der Waals surface area contributed by atoms with Crippen molar-refractivity contribution in [3.63, 3.8) is 0 Å². The maximum Gasteiger partial charge on any atom is 0.231 e. The highest BCUT2D eigenvalue weighted by Gasteiger charge is 2.26. The molecule has 138 valence electrons. The lowest BCUT2D eigenvalue weighted by Crippen LogP contribution is -2.39. The molecule has 0 atom stereocenters. The van der Waals surface area contributed by atoms with E-state index in [0.717, 1.165) is 22.6 Å². The molecular formula is C21H20FN3O2. The SMILES string of the molecule is Cc1nn(-c2ccccc2)c(C)c1CC(=O)N1CCOc2cc(F)ccc21. The summed E-state index contributed by atoms with van der Waals surface area (Å²) in [5, 5.41) is 4.61. The van der Waals surface area contributed by atoms with E-state index in [1.807, 2.05) is 48.9 Å². The van der Waals surface area contributed by atoms with Crippen molar-refractivity contribution in [3.05, 3.63) is 71.3 Å². The minimum absolute atomic E-state index is 0.0510. The van der Waals surface area contributed by atoms with E-state index in [9.17, 15) is 9.18 Å². The van der Waals surface area contributed by atoms with E-state index in [-0.39, 0.29) is 18.1 Å². The molecule has 2 heterocycles. The molecule has 5 nitrogen and oxygen atoms in total. The predicted octanol–water partition coefficient (Wildman–Crippen LogP) is 3.60. The van der Waals surface area contributed by atoms with Gasteiger partial charge in [-0.2, -0.15) is 5.10 Å². The van der Waals surface area contributed by atoms with Gasteiger partial charge in [0, 0.05) is 17.3 Å². The van der Waals surface area contributed by atoms with Crippen LogP contribution < -0.4 is 9.64 Å². The number of ether oxygens (including phenoxy) is 1. The molecule has 4 rings (SSSR count). The maximum atomic E-state index is 13.4. The third-order valence-corrected chi connectivity index (χ3v) is 4.86. The molecule has 1 aliphatic rings. The van der Waals surface area contributed by atoms with Gasteiger partial charge in [0.25, 0.3) is 0 Å². The van der Waals surface area contributed by atoms with Crippen LogP contribution in [0.4, 0.5) is 10.1 Å². The lowest BCUT2D eigenvalue weighted by atomic mass is 10.1. The van der Waals surface area contributed by atoms with Crippen LogP contribution in [0.15, 0.2) is 48.5 Å². The fourth-order valence-electron chi connectivity index (χ4n) is 3.45. The third-order valence-electron chi connectivity index (χ3n) is 4.86. The van der Waals surface area contributed by atoms with Gasteiger partial charge in [0.2, 0.25) is 5.91 Å². The summed E-state index contributed by atoms with van der Waals surface area (Å²) in [5.41, 5.74) is 4.26. The number of carbonyl (C=O) groups is 1. The van der Waals surface area contributed by atoms with Crippen LogP contribution in [-0.4, -0.2) is 28.8 Å². The van der Waals surface area contributed by atoms with Crippen molar-refractivity contribution in [2.45, 2.75) is 20.3 Å². The van der Waals surface area contributed by atoms with E-state index in [1.165, 1.54) is 12.1 Å². The van der Waals surface area contributed by atoms with E-state index in [0.29, 0.717) is 24.6 Å². The average molecular weight is 365 g/mol. The van der Waals surface area contributed by atoms with Crippen molar-refractivity contribution in [2.75, 3.05) is 18.1 Å². The second kappa shape index (κ2) is 6.87. The van der Waals surface area contributed by atoms with Crippen LogP contribution in [0.1, 0.15) is 17.0 Å². The van der Waals surface area contributed by atoms with Crippen LogP contribution >= 0.6 is 0 Å². The average Bonchev–Trinajstić information content (AvgIpc) is 2.96. The van der Waals surface area contributed by atoms with Gasteiger partial charge in [0.15, 0.2) is 0 Å². The van der Waals surface area contributed by atoms with Crippen LogP contribution in [0.5, 0.6) is 5.75 Å². The Morgan fingerprint density at radius 3 is 2.74 bits per heavy atom. The van der Waals surface area contributed by atoms with E-state index in [2.05, 4.69) is 5.10 Å². The van der Waals surface area contributed by atoms with Crippen molar-refractivity contribution in [1.29, 1.82) is 0 Å². The number of anilines is 1. The van der Waals surface area contributed by atoms with Crippen molar-refractivity contribution in [3.8, 4) is 11.4 Å². The number of hydrogen-bond acceptors (Lipinski definition) is 3. The third kappa shape index (κ3) is 3.18. The lowest BCUT2D eigenvalue weighted by molar-refractivity contribution is -0.118. The van der Waals surface area contributed by atoms with Gasteiger partial charge in [-0.1, -0.05) is 18.2 Å². The molecule has 0 unspecified atom stereocenters. The molecule has 0 fully saturated rings. The summed E-state index contributed by atoms with van der Waals surface area (Å²) in [6.45, 7) is 4.68. The van der Waals surface area contributed by atoms with Crippen molar-refractivity contribution < 1.29 is 13.9 Å². The largest absolute Gasteiger partial charge is 0.489 e. The zero-order valence-electron chi connectivity index (χ0n) is 15.3. The number of fused-ring (bicyclic) bond motifs is 1. The fraction of sp³-hybridized carbons (Fsp3) is 0.238. The van der Waals surface area contributed by atoms with Crippen LogP contribution in [0.2, 0.25) is 0 Å². The van der Waals surface area contributed by atoms with E-state index in [1.54, 1.807) is 11.0 Å². The number of rotatable bonds is 3. The highest BCUT2D eigenvalue weighted by Crippen LogP contribution is 2.33. The number of carbonyl (C=O) groups excluding carboxylic acids is 1. The minimum atomic E-state index is -0.376. The Hall–Kier alpha value is -3.15. The van der Waals surface area contributed by atoms with Crippen molar-refractivity contribution in [1.82, 2.24) is 9.78 Å². The zero-order valence-corrected chi connectivity index (χ0v) is 15.3. The Morgan fingerprint density at radius 2 is 1.96 bits per heavy atom. The first-order valence-electron chi connectivity index (χ1n) is 8.88. The Bertz CT molecular complexity index is 998. The fourth-order valence-corrected chi connectivity index (χ4v) is 3.45. The number of para-hydroxylation sites is 1. The minimum Gasteiger partial charge on any atom is -0.489 e. The van der Waals surface area contributed by atoms with Gasteiger partial charge in [-0.3, -0.25) is 4.79 Å². The molecule has 6 heteroatoms. The summed E-state index contributed by atoms with van der Waals surface area (Å²) in [5.74, 6) is -0.0214. The van der Waals surface area contributed by atoms with E-state index >= 15 is 0 Å². The summed E-state index contributed by atoms with van der Waals surface area (Å²) in [4.78, 5) is 14.7. The van der Waals surface area contributed by atoms with Crippen LogP contribution in [0.25, 0.3) is 5.69 Å². The Balaban J connectivity index is 1.62. The first kappa shape index (κ1) is 17.3. The van der Waals surface area contributed by atoms with Gasteiger partial charge >= 0.3 is 0 Å². The molecule has 0 aliphatic carbocycles. The zero-order chi connectivity index (χ0) is 19.0. The van der Waals surface area contributed by atoms with Gasteiger partial charge < -0.3 is 9.64 Å². The maximum absolute atomic E-state index is 13.4. The topological polar surface area (TPSA) is 47.4 Å². The summed E-state index contributed by atoms with van der Waals surface area (Å²) in [6, 6.07) is 14.1. The molecule has 0 saturated heterocycles. The first-order chi connectivity index (χ1) is 13.0. The van der Waals surface area contributed by atoms with Gasteiger partial charge in [0.1, 0.15) is 18.2 Å². The molecule has 0 radical (unpaired) electrons. The lowest BCUT2D eigenvalue weighted by Gasteiger charge is -2.29. The van der Waals surface area contributed by atoms with Gasteiger partial charge in [-0.05, 0) is 38.1 Å². The van der Waals surface area contributed by atoms with Crippen LogP contribution in [-0.2, 0) is 11.2 Å². The second-order valence-corrected chi connectivity index (χ2v) is 6.58. The van der Waals surface area contributed by atoms with Gasteiger partial charge in [0.05, 0.1) is 30.0 Å². The number of aromatic nitrogens is 2. The van der Waals surface area contributed by atoms with Gasteiger partial charge in [-0.25, -0.2) is 9.07 Å². The highest BCUT2D eigenvalue weighted by atomic mass is 19.1. The molecule has 0 spiro atoms. The predicted molar refractivity (Wildman–Crippen MR) is 101 cm³/mol. The molecule has 0 N–H and O–H groups in total. The van der Waals surface area contributed by atoms with E-state index in [4.69, 9.17) is 4.74 Å². The number of nitrogens with zero attached hydrogens (tertiary/aromatic N) is 3. The second-order valence-electron chi connectivity index (χ2n) is 6.58. The molecule has 0 bridgehead atoms. The number of hydrogen-bond donors (Lipinski definition) is 0. The summed E-state index contributed by atoms with van der Waals surface area (Å²) in [6.07, 6.45) is 0.237. The Labute approximate surface area is 157 Å². The van der Waals surface area contributed by atoms with E-state index < -0.39 is 0 Å². The number of benzene rings is 2. The molecule has 1 aromatic heterocycles. The number of aryl methyl sites for hydroxylation is 1. The Morgan fingerprint density at radius 1 is 1.19 bits per heavy atom. The molecule has 1 amide bonds. The van der Waals surface area contributed by atoms with Crippen molar-refractivity contribution in [2.24, 2.45) is 0 Å².